The molecule has 0 radical (unpaired) electrons. The summed E-state index contributed by atoms with van der Waals surface area (Å²) in [5.41, 5.74) is 21.8. The quantitative estimate of drug-likeness (QED) is 0.0313. The third-order valence-corrected chi connectivity index (χ3v) is 17.0. The second-order valence-electron chi connectivity index (χ2n) is 27.7. The van der Waals surface area contributed by atoms with E-state index in [-0.39, 0.29) is 132 Å². The molecular weight excluding hydrogens is 1440 g/mol. The molecule has 8 unspecified atom stereocenters. The fourth-order valence-corrected chi connectivity index (χ4v) is 10.9. The number of primary amides is 1. The molecule has 0 saturated carbocycles. The van der Waals surface area contributed by atoms with E-state index < -0.39 is 101 Å². The van der Waals surface area contributed by atoms with E-state index >= 15 is 0 Å². The van der Waals surface area contributed by atoms with E-state index in [2.05, 4.69) is 75.4 Å². The first-order chi connectivity index (χ1) is 52.6. The Balaban J connectivity index is 0. The number of allylic oxidation sites excluding steroid dienone is 1. The molecule has 20 N–H and O–H groups in total. The maximum absolute atomic E-state index is 13.2. The number of aliphatic carboxylic acids is 4. The van der Waals surface area contributed by atoms with Gasteiger partial charge in [0.05, 0.1) is 80.6 Å². The normalized spacial score (nSPS) is 13.0. The Morgan fingerprint density at radius 1 is 0.459 bits per heavy atom. The van der Waals surface area contributed by atoms with Crippen LogP contribution in [0.2, 0.25) is 0 Å². The lowest BCUT2D eigenvalue weighted by atomic mass is 9.90. The number of rotatable bonds is 65. The minimum Gasteiger partial charge on any atom is -0.481 e. The van der Waals surface area contributed by atoms with E-state index in [1.807, 2.05) is 38.7 Å². The summed E-state index contributed by atoms with van der Waals surface area (Å²) in [6.45, 7) is 33.4. The monoisotopic (exact) mass is 1570 g/mol. The molecule has 111 heavy (non-hydrogen) atoms. The van der Waals surface area contributed by atoms with Gasteiger partial charge in [-0.25, -0.2) is 9.59 Å². The van der Waals surface area contributed by atoms with E-state index in [0.29, 0.717) is 115 Å². The molecule has 0 spiro atoms. The number of unbranched alkanes of at least 4 members (excludes halogenated alkanes) is 3. The van der Waals surface area contributed by atoms with Crippen LogP contribution >= 0.6 is 0 Å². The van der Waals surface area contributed by atoms with Crippen molar-refractivity contribution in [1.29, 1.82) is 0 Å². The van der Waals surface area contributed by atoms with Crippen LogP contribution < -0.4 is 65.5 Å². The van der Waals surface area contributed by atoms with Crippen LogP contribution in [0.25, 0.3) is 0 Å². The van der Waals surface area contributed by atoms with Gasteiger partial charge in [0, 0.05) is 90.8 Å². The zero-order valence-corrected chi connectivity index (χ0v) is 66.2. The number of carboxylic acids is 4. The van der Waals surface area contributed by atoms with Gasteiger partial charge in [-0.1, -0.05) is 103 Å². The number of Topliss-reactive ketones (excluding diaryl/α,β-unsaturated/α-hetero) is 3. The predicted octanol–water partition coefficient (Wildman–Crippen LogP) is 4.61. The van der Waals surface area contributed by atoms with Crippen LogP contribution in [0.3, 0.4) is 0 Å². The van der Waals surface area contributed by atoms with Gasteiger partial charge < -0.3 is 100 Å². The lowest BCUT2D eigenvalue weighted by molar-refractivity contribution is -0.145. The minimum absolute atomic E-state index is 0.00793. The average molecular weight is 1570 g/mol. The van der Waals surface area contributed by atoms with Crippen LogP contribution in [0.1, 0.15) is 175 Å². The number of ketones is 3. The number of amides is 7. The van der Waals surface area contributed by atoms with E-state index in [9.17, 15) is 82.8 Å². The third-order valence-electron chi connectivity index (χ3n) is 17.0. The van der Waals surface area contributed by atoms with Crippen molar-refractivity contribution in [2.45, 2.75) is 194 Å². The second-order valence-corrected chi connectivity index (χ2v) is 27.7. The highest BCUT2D eigenvalue weighted by Crippen LogP contribution is 2.21. The second kappa shape index (κ2) is 63.1. The van der Waals surface area contributed by atoms with E-state index in [1.54, 1.807) is 50.3 Å². The Morgan fingerprint density at radius 2 is 0.865 bits per heavy atom. The first-order valence-electron chi connectivity index (χ1n) is 38.0. The summed E-state index contributed by atoms with van der Waals surface area (Å²) in [6, 6.07) is 3.32. The maximum Gasteiger partial charge on any atom is 0.326 e. The summed E-state index contributed by atoms with van der Waals surface area (Å²) in [5.74, 6) is -9.79. The zero-order valence-electron chi connectivity index (χ0n) is 66.2. The van der Waals surface area contributed by atoms with Gasteiger partial charge in [-0.2, -0.15) is 0 Å². The molecule has 0 fully saturated rings. The fourth-order valence-electron chi connectivity index (χ4n) is 10.9. The summed E-state index contributed by atoms with van der Waals surface area (Å²) in [7, 11) is 0. The van der Waals surface area contributed by atoms with Gasteiger partial charge in [-0.15, -0.1) is 19.7 Å². The zero-order chi connectivity index (χ0) is 84.2. The molecule has 0 heterocycles. The third kappa shape index (κ3) is 53.1. The molecule has 33 heteroatoms. The molecule has 1 rings (SSSR count). The number of nitrogens with one attached hydrogen (secondary N) is 8. The summed E-state index contributed by atoms with van der Waals surface area (Å²) < 4.78 is 16.8. The number of ether oxygens (including phenoxy) is 3. The van der Waals surface area contributed by atoms with Gasteiger partial charge in [0.25, 0.3) is 0 Å². The van der Waals surface area contributed by atoms with E-state index in [0.717, 1.165) is 19.3 Å². The predicted molar refractivity (Wildman–Crippen MR) is 422 cm³/mol. The molecule has 0 aliphatic carbocycles. The molecule has 1 aromatic carbocycles. The van der Waals surface area contributed by atoms with Crippen molar-refractivity contribution >= 4 is 76.8 Å². The smallest absolute Gasteiger partial charge is 0.326 e. The molecule has 628 valence electrons. The van der Waals surface area contributed by atoms with Crippen LogP contribution in [0.5, 0.6) is 0 Å². The first kappa shape index (κ1) is 103. The molecule has 0 saturated heterocycles. The summed E-state index contributed by atoms with van der Waals surface area (Å²) in [4.78, 5) is 160. The number of urea groups is 1. The van der Waals surface area contributed by atoms with Gasteiger partial charge in [0.1, 0.15) is 12.1 Å². The van der Waals surface area contributed by atoms with Gasteiger partial charge >= 0.3 is 29.9 Å². The standard InChI is InChI=1S/C39H63N7O11.C22H39N3O5.C17H29N3O4/c1-4-19-46(20-24-56-22-15-32(48)44-34(27(2)3)31(47)26-29(37(51)52)13-10-18-42-39(41)55)21-25-57-23-16-33(49)45-35(28-11-6-5-7-12-28)36(50)43-30(38(53)54)14-8-9-17-40;1-5-6-7-8-13-30-14-11-20(27)25-21(16(2)3)19(26)15-18(22(28)29)10-9-12-24-17(4)23;1-5-7-15(22)20-16(11(2)3)14(21)10-13(17(23)24)8-6-9-19-12(4)18/h4-7,11-12,27,29-30,34-35H,1,8-10,13-26,40H2,2-3H3,(H,43,50)(H,44,48)(H,45,49)(H,51,52)(H,53,54)(H3,41,42,55);5,16,18,21,24H,1,4,6-15,23H2,2-3H3,(H,25,27)(H,28,29);5,11,13,16,19H,1,4,6-10,18H2,2-3H3,(H,20,22)(H,23,24). The van der Waals surface area contributed by atoms with E-state index in [1.165, 1.54) is 6.08 Å². The number of hydrogen-bond donors (Lipinski definition) is 16. The van der Waals surface area contributed by atoms with Gasteiger partial charge in [0.2, 0.25) is 29.5 Å². The number of nitrogens with zero attached hydrogens (tertiary/aromatic N) is 1. The van der Waals surface area contributed by atoms with Crippen molar-refractivity contribution in [2.24, 2.45) is 58.4 Å². The molecule has 0 aromatic heterocycles. The lowest BCUT2D eigenvalue weighted by Gasteiger charge is -2.23. The van der Waals surface area contributed by atoms with Crippen LogP contribution in [-0.2, 0) is 71.7 Å². The molecule has 0 bridgehead atoms. The highest BCUT2D eigenvalue weighted by atomic mass is 16.5. The molecule has 1 aromatic rings. The van der Waals surface area contributed by atoms with Crippen molar-refractivity contribution in [3.8, 4) is 0 Å². The van der Waals surface area contributed by atoms with Gasteiger partial charge in [0.15, 0.2) is 17.3 Å². The Bertz CT molecular complexity index is 3030. The summed E-state index contributed by atoms with van der Waals surface area (Å²) in [5, 5.41) is 59.2. The molecule has 33 nitrogen and oxygen atoms in total. The van der Waals surface area contributed by atoms with Crippen LogP contribution in [0.4, 0.5) is 4.79 Å². The number of benzene rings is 1. The molecule has 0 aliphatic heterocycles. The highest BCUT2D eigenvalue weighted by Gasteiger charge is 2.33. The number of carbonyl (C=O) groups excluding carboxylic acids is 9. The number of carboxylic acid groups (broad SMARTS) is 4. The molecule has 7 amide bonds. The van der Waals surface area contributed by atoms with E-state index in [4.69, 9.17) is 37.1 Å². The van der Waals surface area contributed by atoms with Crippen molar-refractivity contribution in [1.82, 2.24) is 47.4 Å². The summed E-state index contributed by atoms with van der Waals surface area (Å²) >= 11 is 0. The molecule has 0 aliphatic rings. The SMILES string of the molecule is C=CCC(=O)NC(C(=O)CC(CCCNC(=C)N)C(=O)O)C(C)C.C=CCCCCOCCC(=O)NC(C(=O)CC(CCCNC(=C)N)C(=O)O)C(C)C.C=CCN(CCOCCC(=O)NC(C(=O)NC(CCCCN)C(=O)O)c1ccccc1)CCOCCC(=O)NC(C(=O)CC(CCCNC(N)=O)C(=O)O)C(C)C. The van der Waals surface area contributed by atoms with Crippen molar-refractivity contribution in [3.05, 3.63) is 98.7 Å². The van der Waals surface area contributed by atoms with Crippen LogP contribution in [0, 0.1) is 35.5 Å². The summed E-state index contributed by atoms with van der Waals surface area (Å²) in [6.07, 6.45) is 11.2. The van der Waals surface area contributed by atoms with Crippen LogP contribution in [0.15, 0.2) is 93.1 Å². The Morgan fingerprint density at radius 3 is 1.23 bits per heavy atom. The van der Waals surface area contributed by atoms with Gasteiger partial charge in [-0.3, -0.25) is 57.6 Å². The van der Waals surface area contributed by atoms with Crippen molar-refractivity contribution in [2.75, 3.05) is 85.5 Å². The first-order valence-corrected chi connectivity index (χ1v) is 38.0. The van der Waals surface area contributed by atoms with Gasteiger partial charge in [-0.05, 0) is 107 Å². The largest absolute Gasteiger partial charge is 0.481 e. The fraction of sp³-hybridized carbons (Fsp3) is 0.628. The molecular formula is C78H131N13O20. The Labute approximate surface area is 654 Å². The topological polar surface area (TPSA) is 534 Å². The Kier molecular flexibility index (Phi) is 58.8. The average Bonchev–Trinajstić information content (AvgIpc) is 0.868. The lowest BCUT2D eigenvalue weighted by Crippen LogP contribution is -2.47. The Hall–Kier alpha value is -9.57. The van der Waals surface area contributed by atoms with Crippen molar-refractivity contribution in [3.63, 3.8) is 0 Å². The number of carbonyl (C=O) groups is 13. The van der Waals surface area contributed by atoms with Crippen molar-refractivity contribution < 1.29 is 97.0 Å². The minimum atomic E-state index is -1.17. The maximum atomic E-state index is 13.2. The number of hydrogen-bond acceptors (Lipinski definition) is 22. The molecule has 8 atom stereocenters. The highest BCUT2D eigenvalue weighted by molar-refractivity contribution is 5.94. The van der Waals surface area contributed by atoms with Crippen LogP contribution in [-0.4, -0.2) is 212 Å². The number of nitrogens with two attached hydrogens (primary N) is 4.